The van der Waals surface area contributed by atoms with E-state index >= 15 is 0 Å². The molecule has 5 nitrogen and oxygen atoms in total. The Morgan fingerprint density at radius 2 is 1.46 bits per heavy atom. The summed E-state index contributed by atoms with van der Waals surface area (Å²) < 4.78 is 81.1. The molecule has 12 heteroatoms. The van der Waals surface area contributed by atoms with Crippen LogP contribution in [0, 0.1) is 12.8 Å². The normalized spacial score (nSPS) is 14.0. The highest BCUT2D eigenvalue weighted by Crippen LogP contribution is 2.37. The summed E-state index contributed by atoms with van der Waals surface area (Å²) in [6.45, 7) is 5.12. The van der Waals surface area contributed by atoms with Crippen molar-refractivity contribution in [3.05, 3.63) is 75.7 Å². The zero-order chi connectivity index (χ0) is 28.4. The van der Waals surface area contributed by atoms with Gasteiger partial charge in [-0.3, -0.25) is 0 Å². The van der Waals surface area contributed by atoms with E-state index in [0.717, 1.165) is 50.0 Å². The van der Waals surface area contributed by atoms with Crippen molar-refractivity contribution in [2.75, 3.05) is 22.9 Å². The number of rotatable bonds is 10. The van der Waals surface area contributed by atoms with Gasteiger partial charge < -0.3 is 9.80 Å². The van der Waals surface area contributed by atoms with Gasteiger partial charge in [0, 0.05) is 50.3 Å². The number of nitrogens with zero attached hydrogens (tertiary/aromatic N) is 5. The van der Waals surface area contributed by atoms with Gasteiger partial charge in [-0.2, -0.15) is 26.3 Å². The van der Waals surface area contributed by atoms with Crippen LogP contribution in [-0.4, -0.2) is 28.0 Å². The van der Waals surface area contributed by atoms with Crippen LogP contribution < -0.4 is 9.80 Å². The van der Waals surface area contributed by atoms with Crippen LogP contribution in [0.1, 0.15) is 54.0 Å². The van der Waals surface area contributed by atoms with Crippen molar-refractivity contribution in [3.63, 3.8) is 0 Å². The second-order valence-electron chi connectivity index (χ2n) is 9.86. The molecule has 39 heavy (non-hydrogen) atoms. The minimum absolute atomic E-state index is 0.0639. The molecule has 0 bridgehead atoms. The van der Waals surface area contributed by atoms with Gasteiger partial charge in [0.05, 0.1) is 16.1 Å². The third-order valence-corrected chi connectivity index (χ3v) is 6.52. The molecule has 1 aromatic carbocycles. The molecule has 1 saturated carbocycles. The molecule has 2 aromatic heterocycles. The molecule has 1 aliphatic rings. The van der Waals surface area contributed by atoms with Crippen LogP contribution in [-0.2, 0) is 25.4 Å². The lowest BCUT2D eigenvalue weighted by Crippen LogP contribution is -2.31. The number of halogens is 7. The summed E-state index contributed by atoms with van der Waals surface area (Å²) in [6, 6.07) is 3.29. The number of benzene rings is 1. The van der Waals surface area contributed by atoms with Gasteiger partial charge in [-0.1, -0.05) is 18.5 Å². The Kier molecular flexibility index (Phi) is 8.58. The molecule has 1 fully saturated rings. The highest BCUT2D eigenvalue weighted by Gasteiger charge is 2.37. The van der Waals surface area contributed by atoms with E-state index in [-0.39, 0.29) is 30.7 Å². The van der Waals surface area contributed by atoms with Crippen molar-refractivity contribution in [3.8, 4) is 0 Å². The molecule has 3 aromatic rings. The highest BCUT2D eigenvalue weighted by atomic mass is 35.5. The van der Waals surface area contributed by atoms with E-state index in [1.165, 1.54) is 23.5 Å². The molecule has 0 spiro atoms. The third-order valence-electron chi connectivity index (χ3n) is 6.31. The first-order valence-electron chi connectivity index (χ1n) is 12.5. The lowest BCUT2D eigenvalue weighted by Gasteiger charge is -2.29. The van der Waals surface area contributed by atoms with Gasteiger partial charge >= 0.3 is 12.4 Å². The van der Waals surface area contributed by atoms with Gasteiger partial charge in [-0.15, -0.1) is 0 Å². The minimum Gasteiger partial charge on any atom is -0.356 e. The molecule has 0 amide bonds. The maximum atomic E-state index is 13.5. The molecule has 4 rings (SSSR count). The van der Waals surface area contributed by atoms with Crippen LogP contribution >= 0.6 is 11.6 Å². The molecule has 0 N–H and O–H groups in total. The van der Waals surface area contributed by atoms with Gasteiger partial charge in [-0.05, 0) is 67.5 Å². The molecule has 0 aliphatic heterocycles. The molecule has 2 heterocycles. The first-order valence-corrected chi connectivity index (χ1v) is 12.9. The predicted molar refractivity (Wildman–Crippen MR) is 138 cm³/mol. The predicted octanol–water partition coefficient (Wildman–Crippen LogP) is 7.70. The number of alkyl halides is 6. The van der Waals surface area contributed by atoms with Crippen LogP contribution in [0.3, 0.4) is 0 Å². The van der Waals surface area contributed by atoms with Crippen molar-refractivity contribution in [1.82, 2.24) is 15.0 Å². The minimum atomic E-state index is -4.95. The van der Waals surface area contributed by atoms with Gasteiger partial charge in [0.1, 0.15) is 5.82 Å². The zero-order valence-electron chi connectivity index (χ0n) is 21.5. The fourth-order valence-electron chi connectivity index (χ4n) is 4.32. The Hall–Kier alpha value is -3.08. The lowest BCUT2D eigenvalue weighted by atomic mass is 10.0. The summed E-state index contributed by atoms with van der Waals surface area (Å²) in [7, 11) is 0. The molecule has 0 saturated heterocycles. The average Bonchev–Trinajstić information content (AvgIpc) is 3.67. The van der Waals surface area contributed by atoms with E-state index in [0.29, 0.717) is 22.3 Å². The summed E-state index contributed by atoms with van der Waals surface area (Å²) in [5.41, 5.74) is -1.51. The van der Waals surface area contributed by atoms with E-state index in [9.17, 15) is 26.3 Å². The topological polar surface area (TPSA) is 45.2 Å². The van der Waals surface area contributed by atoms with Crippen molar-refractivity contribution < 1.29 is 26.3 Å². The first-order chi connectivity index (χ1) is 18.3. The molecule has 210 valence electrons. The fraction of sp³-hybridized carbons (Fsp3) is 0.444. The zero-order valence-corrected chi connectivity index (χ0v) is 22.2. The lowest BCUT2D eigenvalue weighted by molar-refractivity contribution is -0.143. The quantitative estimate of drug-likeness (QED) is 0.233. The van der Waals surface area contributed by atoms with Gasteiger partial charge in [0.15, 0.2) is 0 Å². The van der Waals surface area contributed by atoms with E-state index in [4.69, 9.17) is 11.6 Å². The van der Waals surface area contributed by atoms with Crippen molar-refractivity contribution in [2.45, 2.75) is 58.6 Å². The van der Waals surface area contributed by atoms with E-state index in [2.05, 4.69) is 19.9 Å². The number of aryl methyl sites for hydroxylation is 1. The fourth-order valence-corrected chi connectivity index (χ4v) is 4.50. The number of hydrogen-bond donors (Lipinski definition) is 0. The average molecular weight is 572 g/mol. The van der Waals surface area contributed by atoms with Crippen LogP contribution in [0.25, 0.3) is 0 Å². The summed E-state index contributed by atoms with van der Waals surface area (Å²) in [6.07, 6.45) is -2.17. The summed E-state index contributed by atoms with van der Waals surface area (Å²) in [5.74, 6) is 1.39. The molecule has 0 unspecified atom stereocenters. The second-order valence-corrected chi connectivity index (χ2v) is 10.3. The largest absolute Gasteiger partial charge is 0.416 e. The summed E-state index contributed by atoms with van der Waals surface area (Å²) >= 11 is 6.29. The van der Waals surface area contributed by atoms with Crippen LogP contribution in [0.2, 0.25) is 5.02 Å². The van der Waals surface area contributed by atoms with Crippen LogP contribution in [0.15, 0.2) is 42.9 Å². The molecule has 0 atom stereocenters. The first kappa shape index (κ1) is 28.9. The number of pyridine rings is 1. The van der Waals surface area contributed by atoms with Gasteiger partial charge in [0.2, 0.25) is 5.95 Å². The smallest absolute Gasteiger partial charge is 0.356 e. The maximum absolute atomic E-state index is 13.5. The Morgan fingerprint density at radius 3 is 2.00 bits per heavy atom. The molecule has 1 aliphatic carbocycles. The SMILES string of the molecule is CCCN(CC1CC1)c1ncc(Cl)cc1CN(Cc1cc(C(F)(F)F)cc(C(F)(F)F)c1)c1ncc(C)cn1. The van der Waals surface area contributed by atoms with Gasteiger partial charge in [-0.25, -0.2) is 15.0 Å². The molecule has 0 radical (unpaired) electrons. The van der Waals surface area contributed by atoms with E-state index in [1.54, 1.807) is 13.0 Å². The Morgan fingerprint density at radius 1 is 0.846 bits per heavy atom. The van der Waals surface area contributed by atoms with Crippen LogP contribution in [0.5, 0.6) is 0 Å². The Bertz CT molecular complexity index is 1240. The third kappa shape index (κ3) is 7.74. The highest BCUT2D eigenvalue weighted by molar-refractivity contribution is 6.30. The van der Waals surface area contributed by atoms with Crippen molar-refractivity contribution in [2.24, 2.45) is 5.92 Å². The Balaban J connectivity index is 1.76. The number of hydrogen-bond acceptors (Lipinski definition) is 5. The van der Waals surface area contributed by atoms with E-state index in [1.807, 2.05) is 6.92 Å². The molecular weight excluding hydrogens is 544 g/mol. The molecular formula is C27H28ClF6N5. The number of anilines is 2. The van der Waals surface area contributed by atoms with Crippen molar-refractivity contribution >= 4 is 23.4 Å². The number of aromatic nitrogens is 3. The second kappa shape index (κ2) is 11.6. The van der Waals surface area contributed by atoms with Crippen LogP contribution in [0.4, 0.5) is 38.1 Å². The Labute approximate surface area is 227 Å². The maximum Gasteiger partial charge on any atom is 0.416 e. The standard InChI is InChI=1S/C27H28ClF6N5/c1-3-6-38(14-18-4-5-18)24-20(9-23(28)13-35-24)16-39(25-36-11-17(2)12-37-25)15-19-7-21(26(29,30)31)10-22(8-19)27(32,33)34/h7-13,18H,3-6,14-16H2,1-2H3. The summed E-state index contributed by atoms with van der Waals surface area (Å²) in [4.78, 5) is 16.9. The van der Waals surface area contributed by atoms with Crippen molar-refractivity contribution in [1.29, 1.82) is 0 Å². The van der Waals surface area contributed by atoms with E-state index < -0.39 is 23.5 Å². The summed E-state index contributed by atoms with van der Waals surface area (Å²) in [5, 5.41) is 0.361. The monoisotopic (exact) mass is 571 g/mol. The van der Waals surface area contributed by atoms with Gasteiger partial charge in [0.25, 0.3) is 0 Å².